The topological polar surface area (TPSA) is 46.2 Å². The number of rotatable bonds is 7. The van der Waals surface area contributed by atoms with Crippen LogP contribution in [-0.2, 0) is 9.59 Å². The standard InChI is InChI=1S/C14H17NO2S2/c1-3-18-14(19-4-2)12(10-16)13(17)15-11-8-6-5-7-9-11/h5-10H,3-4H2,1-2H3,(H,15,17). The van der Waals surface area contributed by atoms with Crippen LogP contribution >= 0.6 is 23.5 Å². The fourth-order valence-electron chi connectivity index (χ4n) is 1.37. The lowest BCUT2D eigenvalue weighted by Gasteiger charge is -2.09. The number of carbonyl (C=O) groups excluding carboxylic acids is 2. The Bertz CT molecular complexity index is 450. The number of amides is 1. The van der Waals surface area contributed by atoms with E-state index in [1.807, 2.05) is 32.0 Å². The molecule has 0 aliphatic heterocycles. The second-order valence-electron chi connectivity index (χ2n) is 3.51. The van der Waals surface area contributed by atoms with Crippen molar-refractivity contribution in [2.45, 2.75) is 13.8 Å². The van der Waals surface area contributed by atoms with E-state index in [1.54, 1.807) is 12.1 Å². The van der Waals surface area contributed by atoms with Crippen LogP contribution in [0.2, 0.25) is 0 Å². The predicted octanol–water partition coefficient (Wildman–Crippen LogP) is 3.54. The van der Waals surface area contributed by atoms with Gasteiger partial charge in [-0.15, -0.1) is 23.5 Å². The molecule has 5 heteroatoms. The van der Waals surface area contributed by atoms with E-state index < -0.39 is 0 Å². The molecule has 0 fully saturated rings. The van der Waals surface area contributed by atoms with Gasteiger partial charge < -0.3 is 5.32 Å². The van der Waals surface area contributed by atoms with Crippen LogP contribution in [0.25, 0.3) is 0 Å². The fraction of sp³-hybridized carbons (Fsp3) is 0.286. The Hall–Kier alpha value is -1.20. The highest BCUT2D eigenvalue weighted by Gasteiger charge is 2.15. The summed E-state index contributed by atoms with van der Waals surface area (Å²) in [6.07, 6.45) is 0.638. The van der Waals surface area contributed by atoms with Crippen LogP contribution in [0.15, 0.2) is 40.1 Å². The van der Waals surface area contributed by atoms with Crippen molar-refractivity contribution in [2.75, 3.05) is 16.8 Å². The summed E-state index contributed by atoms with van der Waals surface area (Å²) < 4.78 is 0.786. The molecule has 0 radical (unpaired) electrons. The molecule has 0 unspecified atom stereocenters. The Kier molecular flexibility index (Phi) is 7.36. The van der Waals surface area contributed by atoms with Crippen LogP contribution in [0.4, 0.5) is 5.69 Å². The molecular weight excluding hydrogens is 278 g/mol. The minimum absolute atomic E-state index is 0.211. The van der Waals surface area contributed by atoms with Crippen molar-refractivity contribution in [3.05, 3.63) is 40.1 Å². The van der Waals surface area contributed by atoms with Gasteiger partial charge in [0, 0.05) is 5.69 Å². The van der Waals surface area contributed by atoms with Crippen molar-refractivity contribution in [3.8, 4) is 0 Å². The molecule has 1 rings (SSSR count). The first-order valence-electron chi connectivity index (χ1n) is 6.04. The normalized spacial score (nSPS) is 9.79. The smallest absolute Gasteiger partial charge is 0.260 e. The molecule has 0 heterocycles. The Balaban J connectivity index is 2.91. The maximum absolute atomic E-state index is 12.1. The van der Waals surface area contributed by atoms with Gasteiger partial charge in [-0.1, -0.05) is 32.0 Å². The van der Waals surface area contributed by atoms with Crippen LogP contribution in [-0.4, -0.2) is 23.7 Å². The number of thioether (sulfide) groups is 2. The molecule has 1 amide bonds. The summed E-state index contributed by atoms with van der Waals surface area (Å²) in [6, 6.07) is 9.13. The zero-order valence-corrected chi connectivity index (χ0v) is 12.6. The summed E-state index contributed by atoms with van der Waals surface area (Å²) in [4.78, 5) is 23.3. The molecule has 102 valence electrons. The third-order valence-corrected chi connectivity index (χ3v) is 4.41. The molecule has 0 saturated carbocycles. The first-order valence-corrected chi connectivity index (χ1v) is 8.01. The first-order chi connectivity index (χ1) is 9.22. The Labute approximate surface area is 122 Å². The largest absolute Gasteiger partial charge is 0.322 e. The Morgan fingerprint density at radius 1 is 1.16 bits per heavy atom. The van der Waals surface area contributed by atoms with Crippen molar-refractivity contribution < 1.29 is 9.59 Å². The Morgan fingerprint density at radius 3 is 2.21 bits per heavy atom. The minimum atomic E-state index is -0.349. The minimum Gasteiger partial charge on any atom is -0.322 e. The van der Waals surface area contributed by atoms with Gasteiger partial charge in [0.15, 0.2) is 6.29 Å². The highest BCUT2D eigenvalue weighted by molar-refractivity contribution is 8.22. The molecule has 0 aliphatic carbocycles. The van der Waals surface area contributed by atoms with Crippen LogP contribution in [0, 0.1) is 0 Å². The number of benzene rings is 1. The molecule has 0 bridgehead atoms. The number of para-hydroxylation sites is 1. The van der Waals surface area contributed by atoms with Gasteiger partial charge in [0.2, 0.25) is 0 Å². The number of nitrogens with one attached hydrogen (secondary N) is 1. The molecule has 0 saturated heterocycles. The molecule has 0 spiro atoms. The SMILES string of the molecule is CCSC(SCC)=C(C=O)C(=O)Nc1ccccc1. The molecule has 1 aromatic rings. The van der Waals surface area contributed by atoms with Crippen LogP contribution < -0.4 is 5.32 Å². The number of aldehydes is 1. The average Bonchev–Trinajstić information content (AvgIpc) is 2.41. The maximum Gasteiger partial charge on any atom is 0.260 e. The number of hydrogen-bond donors (Lipinski definition) is 1. The number of hydrogen-bond acceptors (Lipinski definition) is 4. The molecule has 1 N–H and O–H groups in total. The van der Waals surface area contributed by atoms with Crippen molar-refractivity contribution in [2.24, 2.45) is 0 Å². The van der Waals surface area contributed by atoms with Crippen molar-refractivity contribution in [1.82, 2.24) is 0 Å². The monoisotopic (exact) mass is 295 g/mol. The van der Waals surface area contributed by atoms with E-state index in [4.69, 9.17) is 0 Å². The molecule has 1 aromatic carbocycles. The molecule has 0 aromatic heterocycles. The molecule has 19 heavy (non-hydrogen) atoms. The van der Waals surface area contributed by atoms with E-state index in [9.17, 15) is 9.59 Å². The van der Waals surface area contributed by atoms with Gasteiger partial charge in [-0.3, -0.25) is 9.59 Å². The van der Waals surface area contributed by atoms with Gasteiger partial charge in [-0.2, -0.15) is 0 Å². The average molecular weight is 295 g/mol. The fourth-order valence-corrected chi connectivity index (χ4v) is 3.53. The highest BCUT2D eigenvalue weighted by atomic mass is 32.2. The van der Waals surface area contributed by atoms with Crippen molar-refractivity contribution in [1.29, 1.82) is 0 Å². The summed E-state index contributed by atoms with van der Waals surface area (Å²) in [7, 11) is 0. The quantitative estimate of drug-likeness (QED) is 0.362. The highest BCUT2D eigenvalue weighted by Crippen LogP contribution is 2.31. The lowest BCUT2D eigenvalue weighted by molar-refractivity contribution is -0.115. The van der Waals surface area contributed by atoms with E-state index in [0.29, 0.717) is 12.0 Å². The summed E-state index contributed by atoms with van der Waals surface area (Å²) in [5.41, 5.74) is 0.900. The lowest BCUT2D eigenvalue weighted by atomic mass is 10.3. The van der Waals surface area contributed by atoms with Gasteiger partial charge in [-0.25, -0.2) is 0 Å². The molecule has 0 atom stereocenters. The van der Waals surface area contributed by atoms with Gasteiger partial charge in [0.1, 0.15) is 0 Å². The third-order valence-electron chi connectivity index (χ3n) is 2.16. The summed E-state index contributed by atoms with van der Waals surface area (Å²) in [5, 5.41) is 2.74. The maximum atomic E-state index is 12.1. The second kappa shape index (κ2) is 8.82. The van der Waals surface area contributed by atoms with Gasteiger partial charge in [0.05, 0.1) is 9.81 Å². The lowest BCUT2D eigenvalue weighted by Crippen LogP contribution is -2.16. The van der Waals surface area contributed by atoms with Crippen LogP contribution in [0.5, 0.6) is 0 Å². The predicted molar refractivity (Wildman–Crippen MR) is 84.4 cm³/mol. The number of carbonyl (C=O) groups is 2. The molecule has 3 nitrogen and oxygen atoms in total. The molecule has 0 aliphatic rings. The number of anilines is 1. The van der Waals surface area contributed by atoms with E-state index in [1.165, 1.54) is 23.5 Å². The summed E-state index contributed by atoms with van der Waals surface area (Å²) >= 11 is 3.05. The van der Waals surface area contributed by atoms with Gasteiger partial charge in [0.25, 0.3) is 5.91 Å². The first kappa shape index (κ1) is 15.9. The van der Waals surface area contributed by atoms with Crippen LogP contribution in [0.3, 0.4) is 0 Å². The van der Waals surface area contributed by atoms with Gasteiger partial charge in [-0.05, 0) is 23.6 Å². The van der Waals surface area contributed by atoms with Crippen molar-refractivity contribution >= 4 is 41.4 Å². The van der Waals surface area contributed by atoms with E-state index in [-0.39, 0.29) is 11.5 Å². The summed E-state index contributed by atoms with van der Waals surface area (Å²) in [6.45, 7) is 4.00. The second-order valence-corrected chi connectivity index (χ2v) is 6.31. The van der Waals surface area contributed by atoms with E-state index >= 15 is 0 Å². The van der Waals surface area contributed by atoms with E-state index in [0.717, 1.165) is 15.7 Å². The van der Waals surface area contributed by atoms with E-state index in [2.05, 4.69) is 5.32 Å². The van der Waals surface area contributed by atoms with Crippen LogP contribution in [0.1, 0.15) is 13.8 Å². The summed E-state index contributed by atoms with van der Waals surface area (Å²) in [5.74, 6) is 1.31. The third kappa shape index (κ3) is 5.12. The van der Waals surface area contributed by atoms with Gasteiger partial charge >= 0.3 is 0 Å². The Morgan fingerprint density at radius 2 is 1.74 bits per heavy atom. The zero-order chi connectivity index (χ0) is 14.1. The molecular formula is C14H17NO2S2. The van der Waals surface area contributed by atoms with Crippen molar-refractivity contribution in [3.63, 3.8) is 0 Å². The zero-order valence-electron chi connectivity index (χ0n) is 11.0.